The molecule has 1 fully saturated rings. The molecule has 0 bridgehead atoms. The SMILES string of the molecule is CO[C@H]1CCN(Cc2cc(Nc3nc4ncc(Oc5cnn6ccnc(Cl)c56)c(Cl)c4n3C)cc(C(F)(F)F)c2)C1. The monoisotopic (exact) mass is 606 g/mol. The highest BCUT2D eigenvalue weighted by Gasteiger charge is 2.32. The quantitative estimate of drug-likeness (QED) is 0.238. The van der Waals surface area contributed by atoms with Crippen molar-refractivity contribution < 1.29 is 22.6 Å². The van der Waals surface area contributed by atoms with Gasteiger partial charge in [-0.15, -0.1) is 0 Å². The number of fused-ring (bicyclic) bond motifs is 2. The van der Waals surface area contributed by atoms with E-state index in [1.165, 1.54) is 29.2 Å². The fourth-order valence-electron chi connectivity index (χ4n) is 4.91. The molecule has 4 aromatic heterocycles. The van der Waals surface area contributed by atoms with Gasteiger partial charge in [0, 0.05) is 51.9 Å². The molecule has 214 valence electrons. The highest BCUT2D eigenvalue weighted by atomic mass is 35.5. The van der Waals surface area contributed by atoms with Crippen LogP contribution in [-0.2, 0) is 24.5 Å². The Morgan fingerprint density at radius 2 is 1.93 bits per heavy atom. The van der Waals surface area contributed by atoms with Gasteiger partial charge in [-0.2, -0.15) is 23.3 Å². The average Bonchev–Trinajstić information content (AvgIpc) is 3.64. The van der Waals surface area contributed by atoms with E-state index in [4.69, 9.17) is 32.7 Å². The Bertz CT molecular complexity index is 1760. The molecule has 5 aromatic rings. The molecule has 1 N–H and O–H groups in total. The summed E-state index contributed by atoms with van der Waals surface area (Å²) in [6.07, 6.45) is 2.40. The fraction of sp³-hybridized carbons (Fsp3) is 0.308. The molecular weight excluding hydrogens is 584 g/mol. The summed E-state index contributed by atoms with van der Waals surface area (Å²) in [4.78, 5) is 14.9. The predicted molar refractivity (Wildman–Crippen MR) is 147 cm³/mol. The molecule has 0 radical (unpaired) electrons. The van der Waals surface area contributed by atoms with Gasteiger partial charge in [0.15, 0.2) is 22.3 Å². The van der Waals surface area contributed by atoms with E-state index in [1.54, 1.807) is 31.0 Å². The number of rotatable bonds is 7. The van der Waals surface area contributed by atoms with Crippen molar-refractivity contribution >= 4 is 51.5 Å². The number of alkyl halides is 3. The summed E-state index contributed by atoms with van der Waals surface area (Å²) >= 11 is 12.9. The van der Waals surface area contributed by atoms with Gasteiger partial charge in [0.05, 0.1) is 24.1 Å². The molecule has 1 atom stereocenters. The molecule has 15 heteroatoms. The number of anilines is 2. The van der Waals surface area contributed by atoms with Crippen LogP contribution in [0.4, 0.5) is 24.8 Å². The van der Waals surface area contributed by atoms with E-state index in [-0.39, 0.29) is 39.3 Å². The maximum Gasteiger partial charge on any atom is 0.416 e. The number of likely N-dealkylation sites (tertiary alicyclic amines) is 1. The topological polar surface area (TPSA) is 94.6 Å². The highest BCUT2D eigenvalue weighted by molar-refractivity contribution is 6.36. The lowest BCUT2D eigenvalue weighted by Gasteiger charge is -2.18. The molecule has 1 aromatic carbocycles. The zero-order valence-corrected chi connectivity index (χ0v) is 23.3. The predicted octanol–water partition coefficient (Wildman–Crippen LogP) is 6.09. The van der Waals surface area contributed by atoms with Crippen molar-refractivity contribution in [3.8, 4) is 11.5 Å². The first kappa shape index (κ1) is 27.5. The van der Waals surface area contributed by atoms with Crippen molar-refractivity contribution in [3.63, 3.8) is 0 Å². The van der Waals surface area contributed by atoms with Crippen LogP contribution in [0.25, 0.3) is 16.7 Å². The van der Waals surface area contributed by atoms with Crippen LogP contribution in [0, 0.1) is 0 Å². The zero-order chi connectivity index (χ0) is 28.9. The van der Waals surface area contributed by atoms with E-state index >= 15 is 0 Å². The maximum atomic E-state index is 13.8. The summed E-state index contributed by atoms with van der Waals surface area (Å²) in [5, 5.41) is 7.60. The Morgan fingerprint density at radius 3 is 2.68 bits per heavy atom. The number of imidazole rings is 1. The molecule has 41 heavy (non-hydrogen) atoms. The van der Waals surface area contributed by atoms with E-state index in [0.29, 0.717) is 35.4 Å². The summed E-state index contributed by atoms with van der Waals surface area (Å²) in [7, 11) is 3.31. The highest BCUT2D eigenvalue weighted by Crippen LogP contribution is 2.38. The molecular formula is C26H23Cl2F3N8O2. The van der Waals surface area contributed by atoms with Gasteiger partial charge in [-0.1, -0.05) is 23.2 Å². The van der Waals surface area contributed by atoms with Crippen molar-refractivity contribution in [1.29, 1.82) is 0 Å². The summed E-state index contributed by atoms with van der Waals surface area (Å²) in [6.45, 7) is 1.76. The summed E-state index contributed by atoms with van der Waals surface area (Å²) in [5.74, 6) is 0.781. The van der Waals surface area contributed by atoms with Gasteiger partial charge in [0.25, 0.3) is 0 Å². The number of pyridine rings is 1. The number of ether oxygens (including phenoxy) is 2. The molecule has 0 spiro atoms. The first-order valence-electron chi connectivity index (χ1n) is 12.5. The number of hydrogen-bond donors (Lipinski definition) is 1. The number of hydrogen-bond acceptors (Lipinski definition) is 8. The van der Waals surface area contributed by atoms with E-state index in [2.05, 4.69) is 30.3 Å². The molecule has 1 aliphatic rings. The Morgan fingerprint density at radius 1 is 1.10 bits per heavy atom. The third kappa shape index (κ3) is 5.37. The summed E-state index contributed by atoms with van der Waals surface area (Å²) in [6, 6.07) is 3.91. The molecule has 0 amide bonds. The number of benzene rings is 1. The fourth-order valence-corrected chi connectivity index (χ4v) is 5.44. The van der Waals surface area contributed by atoms with Gasteiger partial charge in [0.2, 0.25) is 5.95 Å². The van der Waals surface area contributed by atoms with Gasteiger partial charge < -0.3 is 19.4 Å². The lowest BCUT2D eigenvalue weighted by atomic mass is 10.1. The van der Waals surface area contributed by atoms with Crippen molar-refractivity contribution in [1.82, 2.24) is 34.0 Å². The molecule has 6 rings (SSSR count). The lowest BCUT2D eigenvalue weighted by Crippen LogP contribution is -2.22. The molecule has 0 saturated carbocycles. The molecule has 5 heterocycles. The lowest BCUT2D eigenvalue weighted by molar-refractivity contribution is -0.137. The number of aromatic nitrogens is 6. The van der Waals surface area contributed by atoms with Gasteiger partial charge in [-0.25, -0.2) is 14.5 Å². The normalized spacial score (nSPS) is 16.2. The van der Waals surface area contributed by atoms with E-state index in [9.17, 15) is 13.2 Å². The largest absolute Gasteiger partial charge is 0.450 e. The number of nitrogens with one attached hydrogen (secondary N) is 1. The van der Waals surface area contributed by atoms with Crippen molar-refractivity contribution in [3.05, 3.63) is 64.3 Å². The van der Waals surface area contributed by atoms with Crippen LogP contribution in [0.2, 0.25) is 10.2 Å². The van der Waals surface area contributed by atoms with Crippen LogP contribution >= 0.6 is 23.2 Å². The molecule has 0 unspecified atom stereocenters. The van der Waals surface area contributed by atoms with Crippen LogP contribution in [0.3, 0.4) is 0 Å². The summed E-state index contributed by atoms with van der Waals surface area (Å²) in [5.41, 5.74) is 1.14. The van der Waals surface area contributed by atoms with Crippen molar-refractivity contribution in [2.45, 2.75) is 25.2 Å². The van der Waals surface area contributed by atoms with Crippen LogP contribution in [-0.4, -0.2) is 60.3 Å². The van der Waals surface area contributed by atoms with E-state index in [0.717, 1.165) is 19.0 Å². The first-order chi connectivity index (χ1) is 19.6. The number of aryl methyl sites for hydroxylation is 1. The van der Waals surface area contributed by atoms with E-state index in [1.807, 2.05) is 0 Å². The van der Waals surface area contributed by atoms with Gasteiger partial charge in [0.1, 0.15) is 16.1 Å². The standard InChI is InChI=1S/C26H23Cl2F3N8O2/c1-37-22-20(27)18(41-19-11-34-39-6-4-32-23(28)21(19)39)10-33-24(22)36-25(37)35-16-8-14(7-15(9-16)26(29,30)31)12-38-5-3-17(13-38)40-2/h4,6-11,17H,3,5,12-13H2,1-2H3,(H,33,35,36)/t17-/m0/s1. The third-order valence-corrected chi connectivity index (χ3v) is 7.56. The number of methoxy groups -OCH3 is 1. The Labute approximate surface area is 241 Å². The van der Waals surface area contributed by atoms with Gasteiger partial charge in [-0.05, 0) is 30.2 Å². The number of halogens is 5. The van der Waals surface area contributed by atoms with Crippen molar-refractivity contribution in [2.24, 2.45) is 7.05 Å². The Hall–Kier alpha value is -3.65. The molecule has 10 nitrogen and oxygen atoms in total. The van der Waals surface area contributed by atoms with Crippen LogP contribution in [0.15, 0.2) is 43.0 Å². The maximum absolute atomic E-state index is 13.8. The average molecular weight is 607 g/mol. The molecule has 1 aliphatic heterocycles. The zero-order valence-electron chi connectivity index (χ0n) is 21.8. The van der Waals surface area contributed by atoms with Crippen molar-refractivity contribution in [2.75, 3.05) is 25.5 Å². The minimum absolute atomic E-state index is 0.0750. The minimum atomic E-state index is -4.52. The summed E-state index contributed by atoms with van der Waals surface area (Å²) < 4.78 is 55.9. The second-order valence-corrected chi connectivity index (χ2v) is 10.4. The second kappa shape index (κ2) is 10.6. The third-order valence-electron chi connectivity index (χ3n) is 6.92. The Kier molecular flexibility index (Phi) is 7.14. The van der Waals surface area contributed by atoms with Crippen LogP contribution < -0.4 is 10.1 Å². The van der Waals surface area contributed by atoms with Crippen LogP contribution in [0.1, 0.15) is 17.5 Å². The Balaban J connectivity index is 1.31. The van der Waals surface area contributed by atoms with Crippen LogP contribution in [0.5, 0.6) is 11.5 Å². The second-order valence-electron chi connectivity index (χ2n) is 9.65. The molecule has 0 aliphatic carbocycles. The molecule has 1 saturated heterocycles. The van der Waals surface area contributed by atoms with Gasteiger partial charge >= 0.3 is 6.18 Å². The van der Waals surface area contributed by atoms with E-state index < -0.39 is 11.7 Å². The number of nitrogens with zero attached hydrogens (tertiary/aromatic N) is 7. The first-order valence-corrected chi connectivity index (χ1v) is 13.3. The minimum Gasteiger partial charge on any atom is -0.450 e. The smallest absolute Gasteiger partial charge is 0.416 e. The van der Waals surface area contributed by atoms with Gasteiger partial charge in [-0.3, -0.25) is 4.90 Å².